The summed E-state index contributed by atoms with van der Waals surface area (Å²) in [5.74, 6) is -0.359. The first-order valence-electron chi connectivity index (χ1n) is 6.02. The van der Waals surface area contributed by atoms with E-state index in [9.17, 15) is 4.39 Å². The number of aromatic nitrogens is 2. The summed E-state index contributed by atoms with van der Waals surface area (Å²) in [5.41, 5.74) is 4.37. The van der Waals surface area contributed by atoms with E-state index in [4.69, 9.17) is 5.11 Å². The standard InChI is InChI=1S/C14H17FN2O/c1-4-14-9(2)16-17(10(14)3)13-6-11(8-18)5-12(15)7-13/h5-7,18H,4,8H2,1-3H3. The average Bonchev–Trinajstić information content (AvgIpc) is 2.63. The van der Waals surface area contributed by atoms with E-state index in [1.165, 1.54) is 17.7 Å². The molecular formula is C14H17FN2O. The summed E-state index contributed by atoms with van der Waals surface area (Å²) in [6, 6.07) is 4.51. The third-order valence-electron chi connectivity index (χ3n) is 3.16. The number of halogens is 1. The molecule has 0 unspecified atom stereocenters. The maximum absolute atomic E-state index is 13.5. The Morgan fingerprint density at radius 1 is 1.28 bits per heavy atom. The minimum Gasteiger partial charge on any atom is -0.392 e. The van der Waals surface area contributed by atoms with Gasteiger partial charge in [-0.05, 0) is 49.6 Å². The van der Waals surface area contributed by atoms with Crippen LogP contribution in [0.4, 0.5) is 4.39 Å². The molecule has 0 amide bonds. The molecular weight excluding hydrogens is 231 g/mol. The van der Waals surface area contributed by atoms with Crippen LogP contribution < -0.4 is 0 Å². The molecule has 4 heteroatoms. The van der Waals surface area contributed by atoms with Crippen molar-refractivity contribution in [2.45, 2.75) is 33.8 Å². The highest BCUT2D eigenvalue weighted by Gasteiger charge is 2.12. The molecule has 2 rings (SSSR count). The largest absolute Gasteiger partial charge is 0.392 e. The summed E-state index contributed by atoms with van der Waals surface area (Å²) in [7, 11) is 0. The first-order chi connectivity index (χ1) is 8.56. The number of aryl methyl sites for hydroxylation is 1. The van der Waals surface area contributed by atoms with Gasteiger partial charge in [0.15, 0.2) is 0 Å². The van der Waals surface area contributed by atoms with Crippen molar-refractivity contribution in [3.05, 3.63) is 46.5 Å². The van der Waals surface area contributed by atoms with E-state index >= 15 is 0 Å². The van der Waals surface area contributed by atoms with E-state index in [1.54, 1.807) is 10.7 Å². The van der Waals surface area contributed by atoms with E-state index in [0.717, 1.165) is 17.8 Å². The molecule has 18 heavy (non-hydrogen) atoms. The van der Waals surface area contributed by atoms with Crippen LogP contribution in [0.15, 0.2) is 18.2 Å². The third-order valence-corrected chi connectivity index (χ3v) is 3.16. The van der Waals surface area contributed by atoms with Crippen molar-refractivity contribution in [2.75, 3.05) is 0 Å². The van der Waals surface area contributed by atoms with Crippen molar-refractivity contribution in [3.8, 4) is 5.69 Å². The summed E-state index contributed by atoms with van der Waals surface area (Å²) < 4.78 is 15.2. The number of aliphatic hydroxyl groups is 1. The Bertz CT molecular complexity index is 575. The van der Waals surface area contributed by atoms with Gasteiger partial charge in [-0.15, -0.1) is 0 Å². The van der Waals surface area contributed by atoms with E-state index < -0.39 is 0 Å². The fourth-order valence-corrected chi connectivity index (χ4v) is 2.28. The van der Waals surface area contributed by atoms with Gasteiger partial charge >= 0.3 is 0 Å². The lowest BCUT2D eigenvalue weighted by molar-refractivity contribution is 0.281. The van der Waals surface area contributed by atoms with Crippen molar-refractivity contribution in [3.63, 3.8) is 0 Å². The minimum absolute atomic E-state index is 0.176. The molecule has 96 valence electrons. The van der Waals surface area contributed by atoms with Crippen LogP contribution >= 0.6 is 0 Å². The van der Waals surface area contributed by atoms with E-state index in [0.29, 0.717) is 11.3 Å². The second-order valence-electron chi connectivity index (χ2n) is 4.39. The highest BCUT2D eigenvalue weighted by atomic mass is 19.1. The minimum atomic E-state index is -0.359. The molecule has 1 heterocycles. The van der Waals surface area contributed by atoms with Gasteiger partial charge in [0.05, 0.1) is 18.0 Å². The lowest BCUT2D eigenvalue weighted by Gasteiger charge is -2.07. The van der Waals surface area contributed by atoms with Crippen molar-refractivity contribution in [1.82, 2.24) is 9.78 Å². The maximum Gasteiger partial charge on any atom is 0.125 e. The Labute approximate surface area is 106 Å². The molecule has 0 saturated heterocycles. The molecule has 0 fully saturated rings. The Hall–Kier alpha value is -1.68. The summed E-state index contributed by atoms with van der Waals surface area (Å²) in [5, 5.41) is 13.5. The van der Waals surface area contributed by atoms with Gasteiger partial charge in [0.1, 0.15) is 5.82 Å². The zero-order valence-electron chi connectivity index (χ0n) is 10.9. The Morgan fingerprint density at radius 3 is 2.56 bits per heavy atom. The normalized spacial score (nSPS) is 10.9. The van der Waals surface area contributed by atoms with Crippen molar-refractivity contribution < 1.29 is 9.50 Å². The molecule has 1 aromatic carbocycles. The van der Waals surface area contributed by atoms with Crippen LogP contribution in [-0.4, -0.2) is 14.9 Å². The highest BCUT2D eigenvalue weighted by Crippen LogP contribution is 2.20. The molecule has 0 saturated carbocycles. The van der Waals surface area contributed by atoms with Gasteiger partial charge < -0.3 is 5.11 Å². The van der Waals surface area contributed by atoms with Crippen LogP contribution in [0, 0.1) is 19.7 Å². The van der Waals surface area contributed by atoms with Gasteiger partial charge in [-0.25, -0.2) is 9.07 Å². The first kappa shape index (κ1) is 12.8. The van der Waals surface area contributed by atoms with Crippen LogP contribution in [0.5, 0.6) is 0 Å². The van der Waals surface area contributed by atoms with Crippen LogP contribution in [0.1, 0.15) is 29.4 Å². The fraction of sp³-hybridized carbons (Fsp3) is 0.357. The Kier molecular flexibility index (Phi) is 3.48. The topological polar surface area (TPSA) is 38.0 Å². The number of hydrogen-bond donors (Lipinski definition) is 1. The molecule has 3 nitrogen and oxygen atoms in total. The van der Waals surface area contributed by atoms with E-state index in [1.807, 2.05) is 13.8 Å². The van der Waals surface area contributed by atoms with Crippen molar-refractivity contribution in [1.29, 1.82) is 0 Å². The van der Waals surface area contributed by atoms with E-state index in [2.05, 4.69) is 12.0 Å². The summed E-state index contributed by atoms with van der Waals surface area (Å²) in [4.78, 5) is 0. The number of aliphatic hydroxyl groups excluding tert-OH is 1. The van der Waals surface area contributed by atoms with Crippen molar-refractivity contribution in [2.24, 2.45) is 0 Å². The van der Waals surface area contributed by atoms with Gasteiger partial charge in [0, 0.05) is 5.69 Å². The van der Waals surface area contributed by atoms with Crippen LogP contribution in [0.2, 0.25) is 0 Å². The fourth-order valence-electron chi connectivity index (χ4n) is 2.28. The van der Waals surface area contributed by atoms with Crippen LogP contribution in [-0.2, 0) is 13.0 Å². The summed E-state index contributed by atoms with van der Waals surface area (Å²) in [6.45, 7) is 5.83. The Balaban J connectivity index is 2.58. The van der Waals surface area contributed by atoms with Crippen LogP contribution in [0.3, 0.4) is 0 Å². The second-order valence-corrected chi connectivity index (χ2v) is 4.39. The molecule has 0 radical (unpaired) electrons. The molecule has 2 aromatic rings. The maximum atomic E-state index is 13.5. The number of nitrogens with zero attached hydrogens (tertiary/aromatic N) is 2. The van der Waals surface area contributed by atoms with Gasteiger partial charge in [0.25, 0.3) is 0 Å². The predicted octanol–water partition coefficient (Wildman–Crippen LogP) is 2.68. The molecule has 1 N–H and O–H groups in total. The van der Waals surface area contributed by atoms with Gasteiger partial charge in [-0.3, -0.25) is 0 Å². The summed E-state index contributed by atoms with van der Waals surface area (Å²) in [6.07, 6.45) is 0.903. The van der Waals surface area contributed by atoms with Gasteiger partial charge in [-0.1, -0.05) is 6.92 Å². The number of benzene rings is 1. The lowest BCUT2D eigenvalue weighted by Crippen LogP contribution is -2.01. The lowest BCUT2D eigenvalue weighted by atomic mass is 10.1. The number of hydrogen-bond acceptors (Lipinski definition) is 2. The predicted molar refractivity (Wildman–Crippen MR) is 68.3 cm³/mol. The SMILES string of the molecule is CCc1c(C)nn(-c2cc(F)cc(CO)c2)c1C. The quantitative estimate of drug-likeness (QED) is 0.906. The highest BCUT2D eigenvalue weighted by molar-refractivity contribution is 5.40. The third kappa shape index (κ3) is 2.16. The van der Waals surface area contributed by atoms with Crippen LogP contribution in [0.25, 0.3) is 5.69 Å². The summed E-state index contributed by atoms with van der Waals surface area (Å²) >= 11 is 0. The molecule has 0 atom stereocenters. The molecule has 1 aromatic heterocycles. The Morgan fingerprint density at radius 2 is 2.00 bits per heavy atom. The average molecular weight is 248 g/mol. The second kappa shape index (κ2) is 4.90. The smallest absolute Gasteiger partial charge is 0.125 e. The van der Waals surface area contributed by atoms with E-state index in [-0.39, 0.29) is 12.4 Å². The van der Waals surface area contributed by atoms with Crippen molar-refractivity contribution >= 4 is 0 Å². The first-order valence-corrected chi connectivity index (χ1v) is 6.02. The molecule has 0 aliphatic heterocycles. The molecule has 0 spiro atoms. The molecule has 0 aliphatic carbocycles. The van der Waals surface area contributed by atoms with Gasteiger partial charge in [0.2, 0.25) is 0 Å². The number of rotatable bonds is 3. The van der Waals surface area contributed by atoms with Gasteiger partial charge in [-0.2, -0.15) is 5.10 Å². The molecule has 0 bridgehead atoms. The zero-order valence-corrected chi connectivity index (χ0v) is 10.9. The molecule has 0 aliphatic rings. The monoisotopic (exact) mass is 248 g/mol. The zero-order chi connectivity index (χ0) is 13.3.